The molecule has 0 saturated carbocycles. The molecule has 0 unspecified atom stereocenters. The van der Waals surface area contributed by atoms with Crippen LogP contribution in [0.2, 0.25) is 5.02 Å². The highest BCUT2D eigenvalue weighted by Gasteiger charge is 2.23. The number of rotatable bonds is 3. The first-order valence-corrected chi connectivity index (χ1v) is 9.02. The van der Waals surface area contributed by atoms with Crippen LogP contribution in [-0.2, 0) is 6.54 Å². The van der Waals surface area contributed by atoms with E-state index in [-0.39, 0.29) is 17.8 Å². The van der Waals surface area contributed by atoms with Gasteiger partial charge in [-0.1, -0.05) is 42.3 Å². The Morgan fingerprint density at radius 3 is 2.56 bits per heavy atom. The van der Waals surface area contributed by atoms with E-state index in [9.17, 15) is 9.18 Å². The first-order chi connectivity index (χ1) is 12.1. The van der Waals surface area contributed by atoms with Crippen molar-refractivity contribution in [3.63, 3.8) is 0 Å². The van der Waals surface area contributed by atoms with Crippen molar-refractivity contribution < 1.29 is 9.18 Å². The van der Waals surface area contributed by atoms with Crippen LogP contribution in [0.5, 0.6) is 0 Å². The lowest BCUT2D eigenvalue weighted by Crippen LogP contribution is -2.41. The predicted octanol–water partition coefficient (Wildman–Crippen LogP) is 4.96. The molecule has 132 valence electrons. The molecule has 1 N–H and O–H groups in total. The molecule has 1 aliphatic rings. The number of hydrogen-bond donors (Lipinski definition) is 1. The predicted molar refractivity (Wildman–Crippen MR) is 98.3 cm³/mol. The van der Waals surface area contributed by atoms with Crippen LogP contribution in [0.25, 0.3) is 0 Å². The van der Waals surface area contributed by atoms with Crippen molar-refractivity contribution >= 4 is 17.6 Å². The minimum absolute atomic E-state index is 0.0519. The maximum absolute atomic E-state index is 13.1. The monoisotopic (exact) mass is 360 g/mol. The summed E-state index contributed by atoms with van der Waals surface area (Å²) in [5, 5.41) is 3.67. The molecule has 1 heterocycles. The molecular weight excluding hydrogens is 339 g/mol. The number of amides is 2. The molecule has 1 fully saturated rings. The lowest BCUT2D eigenvalue weighted by atomic mass is 9.94. The summed E-state index contributed by atoms with van der Waals surface area (Å²) in [6.45, 7) is 1.90. The van der Waals surface area contributed by atoms with E-state index in [0.717, 1.165) is 36.9 Å². The highest BCUT2D eigenvalue weighted by atomic mass is 35.5. The number of benzene rings is 2. The average molecular weight is 361 g/mol. The van der Waals surface area contributed by atoms with Gasteiger partial charge in [0.2, 0.25) is 0 Å². The van der Waals surface area contributed by atoms with Gasteiger partial charge in [-0.25, -0.2) is 9.18 Å². The van der Waals surface area contributed by atoms with Gasteiger partial charge in [-0.15, -0.1) is 0 Å². The van der Waals surface area contributed by atoms with E-state index >= 15 is 0 Å². The summed E-state index contributed by atoms with van der Waals surface area (Å²) in [7, 11) is 0. The number of halogens is 2. The van der Waals surface area contributed by atoms with E-state index in [1.165, 1.54) is 12.1 Å². The second kappa shape index (κ2) is 8.34. The lowest BCUT2D eigenvalue weighted by molar-refractivity contribution is 0.197. The quantitative estimate of drug-likeness (QED) is 0.824. The Balaban J connectivity index is 1.60. The summed E-state index contributed by atoms with van der Waals surface area (Å²) in [5.41, 5.74) is 2.11. The molecule has 1 saturated heterocycles. The molecule has 0 aliphatic carbocycles. The van der Waals surface area contributed by atoms with Crippen molar-refractivity contribution in [3.05, 3.63) is 70.5 Å². The third-order valence-electron chi connectivity index (χ3n) is 4.66. The van der Waals surface area contributed by atoms with Crippen molar-refractivity contribution in [2.24, 2.45) is 0 Å². The van der Waals surface area contributed by atoms with Crippen LogP contribution in [-0.4, -0.2) is 24.0 Å². The summed E-state index contributed by atoms with van der Waals surface area (Å²) in [5.74, 6) is 0.0271. The lowest BCUT2D eigenvalue weighted by Gasteiger charge is -2.25. The van der Waals surface area contributed by atoms with Gasteiger partial charge < -0.3 is 10.2 Å². The molecule has 0 spiro atoms. The number of urea groups is 1. The molecular formula is C20H22ClFN2O. The molecule has 2 aromatic carbocycles. The van der Waals surface area contributed by atoms with Gasteiger partial charge >= 0.3 is 6.03 Å². The second-order valence-corrected chi connectivity index (χ2v) is 6.91. The first kappa shape index (κ1) is 17.7. The summed E-state index contributed by atoms with van der Waals surface area (Å²) >= 11 is 5.88. The number of carbonyl (C=O) groups is 1. The Morgan fingerprint density at radius 1 is 1.12 bits per heavy atom. The smallest absolute Gasteiger partial charge is 0.317 e. The zero-order valence-corrected chi connectivity index (χ0v) is 14.8. The standard InChI is InChI=1S/C20H22ClFN2O/c21-18-8-4-15(5-9-18)13-23-20(25)24-12-2-1-3-17(14-24)16-6-10-19(22)11-7-16/h4-11,17H,1-3,12-14H2,(H,23,25)/t17-/m0/s1. The fraction of sp³-hybridized carbons (Fsp3) is 0.350. The van der Waals surface area contributed by atoms with E-state index < -0.39 is 0 Å². The molecule has 0 bridgehead atoms. The van der Waals surface area contributed by atoms with E-state index in [4.69, 9.17) is 11.6 Å². The van der Waals surface area contributed by atoms with Gasteiger partial charge in [-0.05, 0) is 48.2 Å². The Labute approximate surface area is 152 Å². The molecule has 25 heavy (non-hydrogen) atoms. The number of carbonyl (C=O) groups excluding carboxylic acids is 1. The molecule has 5 heteroatoms. The van der Waals surface area contributed by atoms with E-state index in [0.29, 0.717) is 18.1 Å². The maximum atomic E-state index is 13.1. The van der Waals surface area contributed by atoms with E-state index in [2.05, 4.69) is 5.32 Å². The zero-order valence-electron chi connectivity index (χ0n) is 14.1. The summed E-state index contributed by atoms with van der Waals surface area (Å²) in [4.78, 5) is 14.4. The van der Waals surface area contributed by atoms with Gasteiger partial charge in [0, 0.05) is 30.6 Å². The first-order valence-electron chi connectivity index (χ1n) is 8.64. The van der Waals surface area contributed by atoms with Crippen LogP contribution in [0.1, 0.15) is 36.3 Å². The minimum atomic E-state index is -0.227. The Morgan fingerprint density at radius 2 is 1.84 bits per heavy atom. The van der Waals surface area contributed by atoms with Crippen LogP contribution in [0.4, 0.5) is 9.18 Å². The Bertz CT molecular complexity index is 703. The number of likely N-dealkylation sites (tertiary alicyclic amines) is 1. The Hall–Kier alpha value is -2.07. The van der Waals surface area contributed by atoms with Crippen molar-refractivity contribution in [2.75, 3.05) is 13.1 Å². The second-order valence-electron chi connectivity index (χ2n) is 6.48. The third kappa shape index (κ3) is 4.95. The van der Waals surface area contributed by atoms with E-state index in [1.54, 1.807) is 0 Å². The number of nitrogens with one attached hydrogen (secondary N) is 1. The maximum Gasteiger partial charge on any atom is 0.317 e. The van der Waals surface area contributed by atoms with Crippen molar-refractivity contribution in [1.29, 1.82) is 0 Å². The summed E-state index contributed by atoms with van der Waals surface area (Å²) < 4.78 is 13.1. The summed E-state index contributed by atoms with van der Waals surface area (Å²) in [6, 6.07) is 14.0. The third-order valence-corrected chi connectivity index (χ3v) is 4.91. The van der Waals surface area contributed by atoms with Crippen LogP contribution < -0.4 is 5.32 Å². The van der Waals surface area contributed by atoms with Crippen molar-refractivity contribution in [3.8, 4) is 0 Å². The van der Waals surface area contributed by atoms with Crippen molar-refractivity contribution in [1.82, 2.24) is 10.2 Å². The number of hydrogen-bond acceptors (Lipinski definition) is 1. The van der Waals surface area contributed by atoms with Gasteiger partial charge in [0.15, 0.2) is 0 Å². The van der Waals surface area contributed by atoms with Crippen LogP contribution in [0.15, 0.2) is 48.5 Å². The minimum Gasteiger partial charge on any atom is -0.334 e. The van der Waals surface area contributed by atoms with Crippen LogP contribution in [0, 0.1) is 5.82 Å². The fourth-order valence-corrected chi connectivity index (χ4v) is 3.35. The topological polar surface area (TPSA) is 32.3 Å². The largest absolute Gasteiger partial charge is 0.334 e. The summed E-state index contributed by atoms with van der Waals surface area (Å²) in [6.07, 6.45) is 3.08. The van der Waals surface area contributed by atoms with E-state index in [1.807, 2.05) is 41.3 Å². The SMILES string of the molecule is O=C(NCc1ccc(Cl)cc1)N1CCCC[C@H](c2ccc(F)cc2)C1. The van der Waals surface area contributed by atoms with Gasteiger partial charge in [0.1, 0.15) is 5.82 Å². The van der Waals surface area contributed by atoms with Gasteiger partial charge in [0.05, 0.1) is 0 Å². The molecule has 1 atom stereocenters. The molecule has 3 nitrogen and oxygen atoms in total. The molecule has 1 aliphatic heterocycles. The average Bonchev–Trinajstić information content (AvgIpc) is 2.88. The van der Waals surface area contributed by atoms with Gasteiger partial charge in [-0.3, -0.25) is 0 Å². The fourth-order valence-electron chi connectivity index (χ4n) is 3.23. The number of nitrogens with zero attached hydrogens (tertiary/aromatic N) is 1. The molecule has 3 rings (SSSR count). The Kier molecular flexibility index (Phi) is 5.92. The normalized spacial score (nSPS) is 17.8. The highest BCUT2D eigenvalue weighted by molar-refractivity contribution is 6.30. The van der Waals surface area contributed by atoms with Gasteiger partial charge in [-0.2, -0.15) is 0 Å². The zero-order chi connectivity index (χ0) is 17.6. The van der Waals surface area contributed by atoms with Crippen LogP contribution >= 0.6 is 11.6 Å². The molecule has 2 aromatic rings. The van der Waals surface area contributed by atoms with Crippen molar-refractivity contribution in [2.45, 2.75) is 31.7 Å². The molecule has 2 amide bonds. The van der Waals surface area contributed by atoms with Crippen LogP contribution in [0.3, 0.4) is 0 Å². The molecule has 0 radical (unpaired) electrons. The highest BCUT2D eigenvalue weighted by Crippen LogP contribution is 2.26. The molecule has 0 aromatic heterocycles. The van der Waals surface area contributed by atoms with Gasteiger partial charge in [0.25, 0.3) is 0 Å².